The average Bonchev–Trinajstić information content (AvgIpc) is 2.39. The lowest BCUT2D eigenvalue weighted by atomic mass is 10.0. The van der Waals surface area contributed by atoms with Crippen molar-refractivity contribution in [1.82, 2.24) is 0 Å². The van der Waals surface area contributed by atoms with Crippen molar-refractivity contribution in [3.05, 3.63) is 0 Å². The highest BCUT2D eigenvalue weighted by Crippen LogP contribution is 2.36. The molecule has 0 amide bonds. The average molecular weight is 579 g/mol. The molecule has 1 aliphatic heterocycles. The van der Waals surface area contributed by atoms with E-state index in [0.717, 1.165) is 0 Å². The largest absolute Gasteiger partial charge is 0.415 e. The van der Waals surface area contributed by atoms with Crippen LogP contribution in [0.15, 0.2) is 0 Å². The molecule has 0 aliphatic carbocycles. The number of ether oxygens (including phenoxy) is 1. The molecule has 1 heterocycles. The molecule has 28 heavy (non-hydrogen) atoms. The Morgan fingerprint density at radius 3 is 1.39 bits per heavy atom. The second-order valence-electron chi connectivity index (χ2n) is 11.5. The Labute approximate surface area is 191 Å². The van der Waals surface area contributed by atoms with Crippen LogP contribution in [0.4, 0.5) is 0 Å². The number of halogens is 1. The van der Waals surface area contributed by atoms with Gasteiger partial charge in [-0.15, -0.1) is 0 Å². The molecule has 0 aromatic heterocycles. The van der Waals surface area contributed by atoms with E-state index in [1.807, 2.05) is 0 Å². The molecule has 0 bridgehead atoms. The zero-order valence-electron chi connectivity index (χ0n) is 20.0. The number of hydrogen-bond acceptors (Lipinski definition) is 5. The molecule has 1 aliphatic rings. The van der Waals surface area contributed by atoms with E-state index >= 15 is 0 Å². The van der Waals surface area contributed by atoms with Crippen LogP contribution in [0.5, 0.6) is 0 Å². The van der Waals surface area contributed by atoms with Crippen LogP contribution in [0.1, 0.15) is 0 Å². The van der Waals surface area contributed by atoms with Gasteiger partial charge in [0.05, 0.1) is 6.61 Å². The molecule has 0 N–H and O–H groups in total. The van der Waals surface area contributed by atoms with Crippen molar-refractivity contribution < 1.29 is 22.4 Å². The van der Waals surface area contributed by atoms with Gasteiger partial charge in [0.15, 0.2) is 33.3 Å². The highest BCUT2D eigenvalue weighted by molar-refractivity contribution is 14.1. The maximum absolute atomic E-state index is 6.73. The number of hydrogen-bond donors (Lipinski definition) is 0. The first-order chi connectivity index (χ1) is 12.3. The minimum atomic E-state index is -1.82. The molecule has 5 nitrogen and oxygen atoms in total. The van der Waals surface area contributed by atoms with Crippen LogP contribution in [0.2, 0.25) is 78.6 Å². The molecule has 1 fully saturated rings. The molecule has 1 rings (SSSR count). The van der Waals surface area contributed by atoms with Gasteiger partial charge in [-0.05, 0) is 101 Å². The van der Waals surface area contributed by atoms with Crippen molar-refractivity contribution in [2.45, 2.75) is 107 Å². The summed E-state index contributed by atoms with van der Waals surface area (Å²) >= 11 is 2.37. The van der Waals surface area contributed by atoms with Crippen molar-refractivity contribution in [2.75, 3.05) is 6.61 Å². The quantitative estimate of drug-likeness (QED) is 0.201. The third-order valence-corrected chi connectivity index (χ3v) is 8.70. The monoisotopic (exact) mass is 578 g/mol. The maximum Gasteiger partial charge on any atom is 0.184 e. The first-order valence-corrected chi connectivity index (χ1v) is 25.1. The van der Waals surface area contributed by atoms with E-state index < -0.39 is 33.3 Å². The van der Waals surface area contributed by atoms with E-state index in [0.29, 0.717) is 6.61 Å². The molecule has 0 unspecified atom stereocenters. The summed E-state index contributed by atoms with van der Waals surface area (Å²) < 4.78 is 32.6. The summed E-state index contributed by atoms with van der Waals surface area (Å²) in [6.07, 6.45) is -0.551. The molecule has 0 saturated carbocycles. The van der Waals surface area contributed by atoms with Crippen LogP contribution in [-0.4, -0.2) is 68.4 Å². The van der Waals surface area contributed by atoms with Crippen molar-refractivity contribution in [2.24, 2.45) is 0 Å². The van der Waals surface area contributed by atoms with Gasteiger partial charge in [0, 0.05) is 0 Å². The Morgan fingerprint density at radius 2 is 1.00 bits per heavy atom. The predicted molar refractivity (Wildman–Crippen MR) is 137 cm³/mol. The molecule has 0 aromatic carbocycles. The fourth-order valence-electron chi connectivity index (χ4n) is 2.96. The van der Waals surface area contributed by atoms with E-state index in [2.05, 4.69) is 101 Å². The van der Waals surface area contributed by atoms with Crippen LogP contribution in [-0.2, 0) is 22.4 Å². The highest BCUT2D eigenvalue weighted by atomic mass is 127. The molecule has 0 aromatic rings. The van der Waals surface area contributed by atoms with Gasteiger partial charge in [-0.2, -0.15) is 0 Å². The predicted octanol–water partition coefficient (Wildman–Crippen LogP) is 5.66. The SMILES string of the molecule is C[Si](C)(C)OC[C@H]1O[C@H](I)[C@H](O[Si](C)(C)C)[C@@H](O[Si](C)(C)C)[C@H]1O[Si](C)(C)C. The summed E-state index contributed by atoms with van der Waals surface area (Å²) in [5, 5.41) is 0. The molecule has 10 heteroatoms. The normalized spacial score (nSPS) is 30.5. The minimum Gasteiger partial charge on any atom is -0.415 e. The van der Waals surface area contributed by atoms with Crippen LogP contribution in [0.25, 0.3) is 0 Å². The van der Waals surface area contributed by atoms with Crippen molar-refractivity contribution in [3.63, 3.8) is 0 Å². The van der Waals surface area contributed by atoms with Crippen LogP contribution < -0.4 is 0 Å². The molecule has 0 spiro atoms. The minimum absolute atomic E-state index is 0.0811. The fraction of sp³-hybridized carbons (Fsp3) is 1.00. The third-order valence-electron chi connectivity index (χ3n) is 3.73. The van der Waals surface area contributed by atoms with Crippen LogP contribution in [0, 0.1) is 0 Å². The van der Waals surface area contributed by atoms with Gasteiger partial charge >= 0.3 is 0 Å². The molecular weight excluding hydrogens is 535 g/mol. The zero-order chi connectivity index (χ0) is 22.1. The zero-order valence-corrected chi connectivity index (χ0v) is 26.2. The lowest BCUT2D eigenvalue weighted by molar-refractivity contribution is -0.184. The summed E-state index contributed by atoms with van der Waals surface area (Å²) in [5.41, 5.74) is 0. The second kappa shape index (κ2) is 9.90. The Hall–Kier alpha value is 1.40. The van der Waals surface area contributed by atoms with Gasteiger partial charge in [-0.3, -0.25) is 0 Å². The summed E-state index contributed by atoms with van der Waals surface area (Å²) in [7, 11) is -7.08. The fourth-order valence-corrected chi connectivity index (χ4v) is 8.09. The smallest absolute Gasteiger partial charge is 0.184 e. The Balaban J connectivity index is 3.26. The first-order valence-electron chi connectivity index (χ1n) is 10.2. The van der Waals surface area contributed by atoms with Crippen LogP contribution in [0.3, 0.4) is 0 Å². The molecular formula is C18H43IO5Si4. The van der Waals surface area contributed by atoms with E-state index in [1.165, 1.54) is 0 Å². The van der Waals surface area contributed by atoms with E-state index in [9.17, 15) is 0 Å². The van der Waals surface area contributed by atoms with Gasteiger partial charge in [0.1, 0.15) is 28.5 Å². The summed E-state index contributed by atoms with van der Waals surface area (Å²) in [5.74, 6) is 0. The summed E-state index contributed by atoms with van der Waals surface area (Å²) in [4.78, 5) is 0. The van der Waals surface area contributed by atoms with E-state index in [1.54, 1.807) is 0 Å². The van der Waals surface area contributed by atoms with Gasteiger partial charge < -0.3 is 22.4 Å². The summed E-state index contributed by atoms with van der Waals surface area (Å²) in [6, 6.07) is 0. The molecule has 168 valence electrons. The van der Waals surface area contributed by atoms with Crippen molar-refractivity contribution in [3.8, 4) is 0 Å². The van der Waals surface area contributed by atoms with E-state index in [-0.39, 0.29) is 28.5 Å². The Morgan fingerprint density at radius 1 is 0.607 bits per heavy atom. The van der Waals surface area contributed by atoms with Gasteiger partial charge in [0.2, 0.25) is 0 Å². The highest BCUT2D eigenvalue weighted by Gasteiger charge is 2.50. The van der Waals surface area contributed by atoms with Crippen molar-refractivity contribution in [1.29, 1.82) is 0 Å². The standard InChI is InChI=1S/C18H43IO5Si4/c1-25(2,3)20-13-14-15(22-26(4,5)6)16(23-27(7,8)9)17(18(19)21-14)24-28(10,11)12/h14-18H,13H2,1-12H3/t14-,15+,16+,17-,18+/m1/s1. The van der Waals surface area contributed by atoms with Gasteiger partial charge in [0.25, 0.3) is 0 Å². The topological polar surface area (TPSA) is 46.2 Å². The molecule has 5 atom stereocenters. The van der Waals surface area contributed by atoms with Gasteiger partial charge in [-0.25, -0.2) is 0 Å². The third kappa shape index (κ3) is 10.6. The number of alkyl halides is 1. The maximum atomic E-state index is 6.73. The second-order valence-corrected chi connectivity index (χ2v) is 30.7. The van der Waals surface area contributed by atoms with Crippen molar-refractivity contribution >= 4 is 55.9 Å². The lowest BCUT2D eigenvalue weighted by Gasteiger charge is -2.50. The van der Waals surface area contributed by atoms with E-state index in [4.69, 9.17) is 22.4 Å². The Kier molecular flexibility index (Phi) is 9.70. The molecule has 0 radical (unpaired) electrons. The first kappa shape index (κ1) is 27.4. The van der Waals surface area contributed by atoms with Gasteiger partial charge in [-0.1, -0.05) is 0 Å². The number of rotatable bonds is 9. The summed E-state index contributed by atoms with van der Waals surface area (Å²) in [6.45, 7) is 27.2. The Bertz CT molecular complexity index is 496. The van der Waals surface area contributed by atoms with Crippen LogP contribution >= 0.6 is 22.6 Å². The lowest BCUT2D eigenvalue weighted by Crippen LogP contribution is -2.64. The molecule has 1 saturated heterocycles.